The molecule has 1 aliphatic heterocycles. The van der Waals surface area contributed by atoms with Gasteiger partial charge in [0.15, 0.2) is 0 Å². The highest BCUT2D eigenvalue weighted by atomic mass is 79.9. The lowest BCUT2D eigenvalue weighted by Gasteiger charge is -2.34. The van der Waals surface area contributed by atoms with Gasteiger partial charge in [-0.2, -0.15) is 0 Å². The van der Waals surface area contributed by atoms with E-state index in [2.05, 4.69) is 27.8 Å². The summed E-state index contributed by atoms with van der Waals surface area (Å²) in [7, 11) is 0. The standard InChI is InChI=1S/C9H18BrNO/c1-8-3-6-11(5-2-4-10)7-9(8)12/h8-9,12H,2-7H2,1H3. The highest BCUT2D eigenvalue weighted by molar-refractivity contribution is 9.09. The van der Waals surface area contributed by atoms with Crippen LogP contribution in [0.1, 0.15) is 19.8 Å². The Bertz CT molecular complexity index is 130. The van der Waals surface area contributed by atoms with Crippen LogP contribution in [0.25, 0.3) is 0 Å². The van der Waals surface area contributed by atoms with E-state index in [1.807, 2.05) is 0 Å². The van der Waals surface area contributed by atoms with Crippen LogP contribution in [0.4, 0.5) is 0 Å². The minimum Gasteiger partial charge on any atom is -0.392 e. The number of aliphatic hydroxyl groups is 1. The maximum Gasteiger partial charge on any atom is 0.0693 e. The van der Waals surface area contributed by atoms with E-state index < -0.39 is 0 Å². The van der Waals surface area contributed by atoms with Crippen LogP contribution in [0.2, 0.25) is 0 Å². The number of likely N-dealkylation sites (tertiary alicyclic amines) is 1. The molecule has 0 bridgehead atoms. The third-order valence-corrected chi connectivity index (χ3v) is 3.17. The minimum absolute atomic E-state index is 0.103. The molecule has 0 aliphatic carbocycles. The molecule has 0 radical (unpaired) electrons. The van der Waals surface area contributed by atoms with Crippen LogP contribution >= 0.6 is 15.9 Å². The molecule has 2 unspecified atom stereocenters. The van der Waals surface area contributed by atoms with Gasteiger partial charge in [-0.3, -0.25) is 0 Å². The van der Waals surface area contributed by atoms with E-state index in [0.29, 0.717) is 5.92 Å². The second kappa shape index (κ2) is 5.20. The van der Waals surface area contributed by atoms with Crippen LogP contribution in [0.5, 0.6) is 0 Å². The zero-order valence-electron chi connectivity index (χ0n) is 7.67. The maximum atomic E-state index is 9.59. The SMILES string of the molecule is CC1CCN(CCCBr)CC1O. The predicted molar refractivity (Wildman–Crippen MR) is 54.6 cm³/mol. The molecule has 2 atom stereocenters. The molecular weight excluding hydrogens is 218 g/mol. The van der Waals surface area contributed by atoms with Gasteiger partial charge in [0.1, 0.15) is 0 Å². The van der Waals surface area contributed by atoms with Crippen molar-refractivity contribution in [2.75, 3.05) is 25.0 Å². The molecule has 12 heavy (non-hydrogen) atoms. The fourth-order valence-corrected chi connectivity index (χ4v) is 1.85. The summed E-state index contributed by atoms with van der Waals surface area (Å²) in [6.45, 7) is 5.28. The lowest BCUT2D eigenvalue weighted by molar-refractivity contribution is 0.0295. The van der Waals surface area contributed by atoms with Crippen LogP contribution in [-0.2, 0) is 0 Å². The lowest BCUT2D eigenvalue weighted by Crippen LogP contribution is -2.43. The van der Waals surface area contributed by atoms with Gasteiger partial charge in [-0.05, 0) is 31.8 Å². The van der Waals surface area contributed by atoms with Gasteiger partial charge < -0.3 is 10.0 Å². The highest BCUT2D eigenvalue weighted by Gasteiger charge is 2.23. The van der Waals surface area contributed by atoms with Gasteiger partial charge in [0, 0.05) is 11.9 Å². The van der Waals surface area contributed by atoms with Crippen molar-refractivity contribution < 1.29 is 5.11 Å². The van der Waals surface area contributed by atoms with E-state index in [1.54, 1.807) is 0 Å². The monoisotopic (exact) mass is 235 g/mol. The minimum atomic E-state index is -0.103. The van der Waals surface area contributed by atoms with Gasteiger partial charge in [-0.15, -0.1) is 0 Å². The first kappa shape index (κ1) is 10.5. The van der Waals surface area contributed by atoms with Crippen molar-refractivity contribution in [2.45, 2.75) is 25.9 Å². The van der Waals surface area contributed by atoms with Crippen LogP contribution in [-0.4, -0.2) is 41.1 Å². The number of nitrogens with zero attached hydrogens (tertiary/aromatic N) is 1. The average Bonchev–Trinajstić information content (AvgIpc) is 2.07. The number of β-amino-alcohol motifs (C(OH)–C–C–N with tert-alkyl or cyclic N) is 1. The predicted octanol–water partition coefficient (Wildman–Crippen LogP) is 1.47. The van der Waals surface area contributed by atoms with Crippen molar-refractivity contribution >= 4 is 15.9 Å². The zero-order chi connectivity index (χ0) is 8.97. The Morgan fingerprint density at radius 2 is 2.33 bits per heavy atom. The number of rotatable bonds is 3. The Morgan fingerprint density at radius 1 is 1.58 bits per heavy atom. The van der Waals surface area contributed by atoms with Crippen molar-refractivity contribution in [3.8, 4) is 0 Å². The quantitative estimate of drug-likeness (QED) is 0.750. The van der Waals surface area contributed by atoms with E-state index in [1.165, 1.54) is 6.42 Å². The number of hydrogen-bond donors (Lipinski definition) is 1. The van der Waals surface area contributed by atoms with Gasteiger partial charge in [0.05, 0.1) is 6.10 Å². The summed E-state index contributed by atoms with van der Waals surface area (Å²) in [6.07, 6.45) is 2.22. The molecule has 0 amide bonds. The molecule has 72 valence electrons. The van der Waals surface area contributed by atoms with E-state index in [9.17, 15) is 5.11 Å². The fraction of sp³-hybridized carbons (Fsp3) is 1.00. The number of hydrogen-bond acceptors (Lipinski definition) is 2. The lowest BCUT2D eigenvalue weighted by atomic mass is 9.96. The molecule has 1 heterocycles. The van der Waals surface area contributed by atoms with E-state index in [-0.39, 0.29) is 6.10 Å². The first-order valence-electron chi connectivity index (χ1n) is 4.70. The molecule has 3 heteroatoms. The number of aliphatic hydroxyl groups excluding tert-OH is 1. The number of halogens is 1. The summed E-state index contributed by atoms with van der Waals surface area (Å²) < 4.78 is 0. The molecular formula is C9H18BrNO. The molecule has 0 saturated carbocycles. The van der Waals surface area contributed by atoms with E-state index in [4.69, 9.17) is 0 Å². The van der Waals surface area contributed by atoms with Crippen molar-refractivity contribution in [3.63, 3.8) is 0 Å². The van der Waals surface area contributed by atoms with Gasteiger partial charge in [0.25, 0.3) is 0 Å². The number of alkyl halides is 1. The van der Waals surface area contributed by atoms with Gasteiger partial charge in [0.2, 0.25) is 0 Å². The van der Waals surface area contributed by atoms with Crippen molar-refractivity contribution in [1.82, 2.24) is 4.90 Å². The maximum absolute atomic E-state index is 9.59. The van der Waals surface area contributed by atoms with Crippen LogP contribution in [0.15, 0.2) is 0 Å². The van der Waals surface area contributed by atoms with Crippen LogP contribution in [0.3, 0.4) is 0 Å². The summed E-state index contributed by atoms with van der Waals surface area (Å²) in [5.74, 6) is 0.491. The summed E-state index contributed by atoms with van der Waals surface area (Å²) in [5, 5.41) is 10.7. The van der Waals surface area contributed by atoms with E-state index >= 15 is 0 Å². The van der Waals surface area contributed by atoms with Gasteiger partial charge in [-0.1, -0.05) is 22.9 Å². The Kier molecular flexibility index (Phi) is 4.54. The Hall–Kier alpha value is 0.400. The molecule has 0 spiro atoms. The topological polar surface area (TPSA) is 23.5 Å². The Balaban J connectivity index is 2.21. The summed E-state index contributed by atoms with van der Waals surface area (Å²) >= 11 is 3.41. The number of piperidine rings is 1. The Labute approximate surface area is 83.1 Å². The third-order valence-electron chi connectivity index (χ3n) is 2.61. The largest absolute Gasteiger partial charge is 0.392 e. The van der Waals surface area contributed by atoms with Crippen LogP contribution < -0.4 is 0 Å². The molecule has 1 aliphatic rings. The molecule has 1 saturated heterocycles. The molecule has 0 aromatic rings. The van der Waals surface area contributed by atoms with Crippen LogP contribution in [0, 0.1) is 5.92 Å². The normalized spacial score (nSPS) is 32.2. The third kappa shape index (κ3) is 3.04. The van der Waals surface area contributed by atoms with Gasteiger partial charge >= 0.3 is 0 Å². The molecule has 2 nitrogen and oxygen atoms in total. The molecule has 1 rings (SSSR count). The van der Waals surface area contributed by atoms with Crippen molar-refractivity contribution in [2.24, 2.45) is 5.92 Å². The van der Waals surface area contributed by atoms with Crippen molar-refractivity contribution in [3.05, 3.63) is 0 Å². The second-order valence-corrected chi connectivity index (χ2v) is 4.47. The zero-order valence-corrected chi connectivity index (χ0v) is 9.26. The molecule has 0 aromatic heterocycles. The first-order chi connectivity index (χ1) is 5.74. The van der Waals surface area contributed by atoms with Crippen molar-refractivity contribution in [1.29, 1.82) is 0 Å². The summed E-state index contributed by atoms with van der Waals surface area (Å²) in [4.78, 5) is 2.35. The molecule has 0 aromatic carbocycles. The average molecular weight is 236 g/mol. The fourth-order valence-electron chi connectivity index (χ4n) is 1.60. The molecule has 1 N–H and O–H groups in total. The highest BCUT2D eigenvalue weighted by Crippen LogP contribution is 2.16. The van der Waals surface area contributed by atoms with E-state index in [0.717, 1.165) is 31.4 Å². The smallest absolute Gasteiger partial charge is 0.0693 e. The summed E-state index contributed by atoms with van der Waals surface area (Å²) in [6, 6.07) is 0. The molecule has 1 fully saturated rings. The summed E-state index contributed by atoms with van der Waals surface area (Å²) in [5.41, 5.74) is 0. The first-order valence-corrected chi connectivity index (χ1v) is 5.82. The van der Waals surface area contributed by atoms with Gasteiger partial charge in [-0.25, -0.2) is 0 Å². The second-order valence-electron chi connectivity index (χ2n) is 3.68. The Morgan fingerprint density at radius 3 is 2.92 bits per heavy atom.